The Kier molecular flexibility index (Phi) is 5.28. The van der Waals surface area contributed by atoms with E-state index in [0.717, 1.165) is 0 Å². The van der Waals surface area contributed by atoms with E-state index in [2.05, 4.69) is 10.1 Å². The SMILES string of the molecule is COc1ccc(C[S@](=O)[C@H](C)c2nc(C(C)C)no2)cc1F. The van der Waals surface area contributed by atoms with Crippen LogP contribution in [0.15, 0.2) is 22.7 Å². The van der Waals surface area contributed by atoms with Crippen molar-refractivity contribution in [3.05, 3.63) is 41.3 Å². The molecule has 0 amide bonds. The third kappa shape index (κ3) is 3.71. The normalized spacial score (nSPS) is 14.1. The molecule has 0 radical (unpaired) electrons. The maximum Gasteiger partial charge on any atom is 0.242 e. The second-order valence-corrected chi connectivity index (χ2v) is 7.04. The summed E-state index contributed by atoms with van der Waals surface area (Å²) in [7, 11) is 0.116. The van der Waals surface area contributed by atoms with Crippen molar-refractivity contribution in [1.29, 1.82) is 0 Å². The molecule has 1 heterocycles. The second-order valence-electron chi connectivity index (χ2n) is 5.28. The maximum atomic E-state index is 13.7. The first kappa shape index (κ1) is 16.6. The summed E-state index contributed by atoms with van der Waals surface area (Å²) in [5.74, 6) is 0.992. The Bertz CT molecular complexity index is 673. The Morgan fingerprint density at radius 2 is 2.09 bits per heavy atom. The van der Waals surface area contributed by atoms with Gasteiger partial charge in [-0.15, -0.1) is 0 Å². The fraction of sp³-hybridized carbons (Fsp3) is 0.467. The summed E-state index contributed by atoms with van der Waals surface area (Å²) in [6, 6.07) is 4.55. The molecule has 2 rings (SSSR count). The highest BCUT2D eigenvalue weighted by atomic mass is 32.2. The molecule has 120 valence electrons. The first-order valence-electron chi connectivity index (χ1n) is 6.95. The van der Waals surface area contributed by atoms with Crippen LogP contribution in [0.3, 0.4) is 0 Å². The predicted octanol–water partition coefficient (Wildman–Crippen LogP) is 3.35. The van der Waals surface area contributed by atoms with Gasteiger partial charge in [0.2, 0.25) is 5.89 Å². The minimum Gasteiger partial charge on any atom is -0.494 e. The van der Waals surface area contributed by atoms with Gasteiger partial charge < -0.3 is 9.26 Å². The molecule has 0 spiro atoms. The maximum absolute atomic E-state index is 13.7. The number of methoxy groups -OCH3 is 1. The van der Waals surface area contributed by atoms with Gasteiger partial charge in [-0.1, -0.05) is 25.1 Å². The van der Waals surface area contributed by atoms with Gasteiger partial charge in [0.15, 0.2) is 17.4 Å². The zero-order valence-corrected chi connectivity index (χ0v) is 13.8. The van der Waals surface area contributed by atoms with Crippen LogP contribution in [0.5, 0.6) is 5.75 Å². The van der Waals surface area contributed by atoms with Crippen LogP contribution in [-0.4, -0.2) is 21.5 Å². The first-order valence-corrected chi connectivity index (χ1v) is 8.33. The lowest BCUT2D eigenvalue weighted by Crippen LogP contribution is -2.06. The summed E-state index contributed by atoms with van der Waals surface area (Å²) in [5.41, 5.74) is 0.632. The van der Waals surface area contributed by atoms with Gasteiger partial charge in [0.1, 0.15) is 5.25 Å². The minimum atomic E-state index is -1.29. The highest BCUT2D eigenvalue weighted by Crippen LogP contribution is 2.24. The molecular weight excluding hydrogens is 307 g/mol. The molecule has 0 saturated carbocycles. The van der Waals surface area contributed by atoms with Gasteiger partial charge >= 0.3 is 0 Å². The van der Waals surface area contributed by atoms with Crippen LogP contribution in [0, 0.1) is 5.82 Å². The summed E-state index contributed by atoms with van der Waals surface area (Å²) in [6.07, 6.45) is 0. The molecule has 1 aromatic heterocycles. The second kappa shape index (κ2) is 7.00. The van der Waals surface area contributed by atoms with E-state index in [1.165, 1.54) is 19.2 Å². The molecule has 5 nitrogen and oxygen atoms in total. The summed E-state index contributed by atoms with van der Waals surface area (Å²) < 4.78 is 36.1. The van der Waals surface area contributed by atoms with Gasteiger partial charge in [0.05, 0.1) is 7.11 Å². The van der Waals surface area contributed by atoms with Crippen molar-refractivity contribution in [3.63, 3.8) is 0 Å². The number of ether oxygens (including phenoxy) is 1. The number of hydrogen-bond acceptors (Lipinski definition) is 5. The molecule has 7 heteroatoms. The fourth-order valence-electron chi connectivity index (χ4n) is 1.85. The van der Waals surface area contributed by atoms with Gasteiger partial charge in [0.25, 0.3) is 0 Å². The third-order valence-corrected chi connectivity index (χ3v) is 4.85. The van der Waals surface area contributed by atoms with Crippen LogP contribution in [-0.2, 0) is 16.6 Å². The van der Waals surface area contributed by atoms with Gasteiger partial charge in [-0.05, 0) is 24.6 Å². The summed E-state index contributed by atoms with van der Waals surface area (Å²) in [4.78, 5) is 4.25. The highest BCUT2D eigenvalue weighted by molar-refractivity contribution is 7.84. The van der Waals surface area contributed by atoms with E-state index in [9.17, 15) is 8.60 Å². The summed E-state index contributed by atoms with van der Waals surface area (Å²) in [5, 5.41) is 3.45. The number of halogens is 1. The van der Waals surface area contributed by atoms with Crippen molar-refractivity contribution in [2.75, 3.05) is 7.11 Å². The number of benzene rings is 1. The molecule has 1 aromatic carbocycles. The third-order valence-electron chi connectivity index (χ3n) is 3.24. The average Bonchev–Trinajstić information content (AvgIpc) is 2.96. The molecule has 2 atom stereocenters. The van der Waals surface area contributed by atoms with Gasteiger partial charge in [-0.2, -0.15) is 4.98 Å². The molecule has 0 bridgehead atoms. The Morgan fingerprint density at radius 1 is 1.36 bits per heavy atom. The topological polar surface area (TPSA) is 65.2 Å². The first-order chi connectivity index (χ1) is 10.4. The molecule has 0 aliphatic carbocycles. The average molecular weight is 326 g/mol. The largest absolute Gasteiger partial charge is 0.494 e. The van der Waals surface area contributed by atoms with Crippen molar-refractivity contribution in [2.24, 2.45) is 0 Å². The van der Waals surface area contributed by atoms with Crippen LogP contribution in [0.25, 0.3) is 0 Å². The molecule has 2 aromatic rings. The van der Waals surface area contributed by atoms with Crippen molar-refractivity contribution >= 4 is 10.8 Å². The number of nitrogens with zero attached hydrogens (tertiary/aromatic N) is 2. The zero-order chi connectivity index (χ0) is 16.3. The molecule has 0 aliphatic rings. The monoisotopic (exact) mass is 326 g/mol. The van der Waals surface area contributed by atoms with Crippen LogP contribution < -0.4 is 4.74 Å². The number of aromatic nitrogens is 2. The summed E-state index contributed by atoms with van der Waals surface area (Å²) >= 11 is 0. The van der Waals surface area contributed by atoms with E-state index in [4.69, 9.17) is 9.26 Å². The molecule has 0 aliphatic heterocycles. The highest BCUT2D eigenvalue weighted by Gasteiger charge is 2.22. The van der Waals surface area contributed by atoms with Gasteiger partial charge in [-0.25, -0.2) is 4.39 Å². The van der Waals surface area contributed by atoms with E-state index < -0.39 is 21.9 Å². The minimum absolute atomic E-state index is 0.147. The molecular formula is C15H19FN2O3S. The lowest BCUT2D eigenvalue weighted by atomic mass is 10.2. The summed E-state index contributed by atoms with van der Waals surface area (Å²) in [6.45, 7) is 5.67. The van der Waals surface area contributed by atoms with Crippen molar-refractivity contribution in [2.45, 2.75) is 37.7 Å². The quantitative estimate of drug-likeness (QED) is 0.814. The van der Waals surface area contributed by atoms with E-state index in [-0.39, 0.29) is 17.4 Å². The van der Waals surface area contributed by atoms with Crippen molar-refractivity contribution < 1.29 is 17.9 Å². The molecule has 0 fully saturated rings. The molecule has 22 heavy (non-hydrogen) atoms. The molecule has 0 saturated heterocycles. The van der Waals surface area contributed by atoms with Crippen LogP contribution in [0.2, 0.25) is 0 Å². The van der Waals surface area contributed by atoms with Crippen LogP contribution in [0.1, 0.15) is 49.2 Å². The van der Waals surface area contributed by atoms with E-state index in [0.29, 0.717) is 17.3 Å². The lowest BCUT2D eigenvalue weighted by molar-refractivity contribution is 0.371. The van der Waals surface area contributed by atoms with Gasteiger partial charge in [0, 0.05) is 22.5 Å². The zero-order valence-electron chi connectivity index (χ0n) is 13.0. The lowest BCUT2D eigenvalue weighted by Gasteiger charge is -2.08. The smallest absolute Gasteiger partial charge is 0.242 e. The Hall–Kier alpha value is -1.76. The number of rotatable bonds is 6. The van der Waals surface area contributed by atoms with E-state index in [1.54, 1.807) is 13.0 Å². The molecule has 0 N–H and O–H groups in total. The Morgan fingerprint density at radius 3 is 2.64 bits per heavy atom. The fourth-order valence-corrected chi connectivity index (χ4v) is 2.93. The molecule has 0 unspecified atom stereocenters. The van der Waals surface area contributed by atoms with Crippen molar-refractivity contribution in [1.82, 2.24) is 10.1 Å². The van der Waals surface area contributed by atoms with Crippen LogP contribution in [0.4, 0.5) is 4.39 Å². The van der Waals surface area contributed by atoms with Crippen molar-refractivity contribution in [3.8, 4) is 5.75 Å². The van der Waals surface area contributed by atoms with Gasteiger partial charge in [-0.3, -0.25) is 4.21 Å². The van der Waals surface area contributed by atoms with E-state index in [1.807, 2.05) is 13.8 Å². The standard InChI is InChI=1S/C15H19FN2O3S/c1-9(2)14-17-15(21-18-14)10(3)22(19)8-11-5-6-13(20-4)12(16)7-11/h5-7,9-10H,8H2,1-4H3/t10-,22+/m1/s1. The Labute approximate surface area is 131 Å². The Balaban J connectivity index is 2.09. The van der Waals surface area contributed by atoms with E-state index >= 15 is 0 Å². The predicted molar refractivity (Wildman–Crippen MR) is 81.6 cm³/mol. The van der Waals surface area contributed by atoms with Crippen LogP contribution >= 0.6 is 0 Å². The number of hydrogen-bond donors (Lipinski definition) is 0.